The van der Waals surface area contributed by atoms with Crippen molar-refractivity contribution in [2.45, 2.75) is 78.7 Å². The summed E-state index contributed by atoms with van der Waals surface area (Å²) < 4.78 is 5.32. The Kier molecular flexibility index (Phi) is 12.3. The molecule has 2 rings (SSSR count). The van der Waals surface area contributed by atoms with E-state index >= 15 is 0 Å². The number of hydrogen-bond donors (Lipinski definition) is 2. The summed E-state index contributed by atoms with van der Waals surface area (Å²) in [5, 5.41) is 12.4. The van der Waals surface area contributed by atoms with Crippen LogP contribution in [0.4, 0.5) is 10.5 Å². The number of aliphatic carboxylic acids is 1. The van der Waals surface area contributed by atoms with Crippen molar-refractivity contribution in [3.8, 4) is 0 Å². The van der Waals surface area contributed by atoms with E-state index in [1.165, 1.54) is 24.8 Å². The maximum atomic E-state index is 13.1. The van der Waals surface area contributed by atoms with Gasteiger partial charge in [-0.2, -0.15) is 0 Å². The fraction of sp³-hybridized carbons (Fsp3) is 0.517. The number of carbonyl (C=O) groups excluding carboxylic acids is 1. The largest absolute Gasteiger partial charge is 0.479 e. The van der Waals surface area contributed by atoms with E-state index in [2.05, 4.69) is 18.3 Å². The minimum atomic E-state index is -0.944. The molecule has 0 spiro atoms. The number of carbonyl (C=O) groups is 2. The Morgan fingerprint density at radius 1 is 0.943 bits per heavy atom. The Morgan fingerprint density at radius 3 is 2.26 bits per heavy atom. The summed E-state index contributed by atoms with van der Waals surface area (Å²) in [6.45, 7) is 9.78. The van der Waals surface area contributed by atoms with E-state index in [0.717, 1.165) is 48.2 Å². The van der Waals surface area contributed by atoms with Gasteiger partial charge in [0, 0.05) is 31.8 Å². The number of anilines is 1. The molecule has 2 amide bonds. The molecule has 2 aromatic carbocycles. The lowest BCUT2D eigenvalue weighted by atomic mass is 10.0. The molecule has 0 bridgehead atoms. The van der Waals surface area contributed by atoms with E-state index in [1.807, 2.05) is 55.1 Å². The molecule has 0 saturated heterocycles. The molecule has 2 aromatic rings. The molecule has 0 aliphatic rings. The maximum Gasteiger partial charge on any atom is 0.333 e. The highest BCUT2D eigenvalue weighted by Gasteiger charge is 2.18. The Labute approximate surface area is 210 Å². The van der Waals surface area contributed by atoms with Gasteiger partial charge in [0.1, 0.15) is 0 Å². The van der Waals surface area contributed by atoms with Crippen molar-refractivity contribution in [2.24, 2.45) is 0 Å². The number of unbranched alkanes of at least 4 members (excludes halogenated alkanes) is 4. The molecule has 35 heavy (non-hydrogen) atoms. The number of urea groups is 1. The van der Waals surface area contributed by atoms with Crippen LogP contribution in [0.25, 0.3) is 0 Å². The van der Waals surface area contributed by atoms with Gasteiger partial charge in [-0.1, -0.05) is 74.6 Å². The second-order valence-corrected chi connectivity index (χ2v) is 9.20. The Balaban J connectivity index is 2.00. The molecule has 0 heterocycles. The molecule has 0 aromatic heterocycles. The number of hydrogen-bond acceptors (Lipinski definition) is 3. The lowest BCUT2D eigenvalue weighted by Gasteiger charge is -2.24. The molecule has 0 saturated carbocycles. The normalized spacial score (nSPS) is 11.8. The molecule has 0 fully saturated rings. The molecule has 0 aliphatic heterocycles. The van der Waals surface area contributed by atoms with Gasteiger partial charge in [0.15, 0.2) is 6.10 Å². The molecule has 0 aliphatic carbocycles. The Hall–Kier alpha value is -2.86. The average molecular weight is 483 g/mol. The van der Waals surface area contributed by atoms with Gasteiger partial charge in [0.05, 0.1) is 0 Å². The number of rotatable bonds is 15. The first-order valence-electron chi connectivity index (χ1n) is 12.9. The summed E-state index contributed by atoms with van der Waals surface area (Å²) in [5.41, 5.74) is 5.13. The van der Waals surface area contributed by atoms with Crippen LogP contribution in [0.15, 0.2) is 42.5 Å². The highest BCUT2D eigenvalue weighted by Crippen LogP contribution is 2.17. The Bertz CT molecular complexity index is 927. The summed E-state index contributed by atoms with van der Waals surface area (Å²) in [6, 6.07) is 13.9. The number of carboxylic acids is 1. The number of aryl methyl sites for hydroxylation is 2. The highest BCUT2D eigenvalue weighted by atomic mass is 16.5. The first-order chi connectivity index (χ1) is 16.8. The van der Waals surface area contributed by atoms with E-state index in [-0.39, 0.29) is 6.03 Å². The molecule has 0 radical (unpaired) electrons. The van der Waals surface area contributed by atoms with E-state index in [0.29, 0.717) is 19.6 Å². The van der Waals surface area contributed by atoms with Crippen molar-refractivity contribution >= 4 is 17.7 Å². The van der Waals surface area contributed by atoms with Gasteiger partial charge in [0.2, 0.25) is 0 Å². The van der Waals surface area contributed by atoms with Crippen molar-refractivity contribution in [1.29, 1.82) is 0 Å². The van der Waals surface area contributed by atoms with Crippen LogP contribution in [0.2, 0.25) is 0 Å². The van der Waals surface area contributed by atoms with Crippen molar-refractivity contribution < 1.29 is 19.4 Å². The highest BCUT2D eigenvalue weighted by molar-refractivity contribution is 5.90. The molecule has 6 nitrogen and oxygen atoms in total. The number of nitrogens with one attached hydrogen (secondary N) is 1. The van der Waals surface area contributed by atoms with Crippen molar-refractivity contribution in [1.82, 2.24) is 4.90 Å². The predicted octanol–water partition coefficient (Wildman–Crippen LogP) is 6.38. The third-order valence-corrected chi connectivity index (χ3v) is 6.20. The van der Waals surface area contributed by atoms with Crippen LogP contribution in [0.3, 0.4) is 0 Å². The minimum absolute atomic E-state index is 0.0647. The lowest BCUT2D eigenvalue weighted by molar-refractivity contribution is -0.149. The maximum absolute atomic E-state index is 13.1. The van der Waals surface area contributed by atoms with Crippen LogP contribution < -0.4 is 5.32 Å². The quantitative estimate of drug-likeness (QED) is 0.289. The lowest BCUT2D eigenvalue weighted by Crippen LogP contribution is -2.37. The number of benzene rings is 2. The standard InChI is InChI=1S/C29H42N2O4/c1-5-7-8-9-10-18-31(29(34)30-26-16-11-22(3)20-23(26)4)19-17-24-12-14-25(15-13-24)21-27(28(32)33)35-6-2/h11-16,20,27H,5-10,17-19,21H2,1-4H3,(H,30,34)(H,32,33)/t27-/m1/s1. The fourth-order valence-electron chi connectivity index (χ4n) is 4.11. The third-order valence-electron chi connectivity index (χ3n) is 6.20. The second-order valence-electron chi connectivity index (χ2n) is 9.20. The minimum Gasteiger partial charge on any atom is -0.479 e. The van der Waals surface area contributed by atoms with Crippen molar-refractivity contribution in [3.05, 3.63) is 64.7 Å². The van der Waals surface area contributed by atoms with Gasteiger partial charge in [-0.15, -0.1) is 0 Å². The first-order valence-corrected chi connectivity index (χ1v) is 12.9. The number of amides is 2. The number of nitrogens with zero attached hydrogens (tertiary/aromatic N) is 1. The van der Waals surface area contributed by atoms with E-state index in [4.69, 9.17) is 4.74 Å². The monoisotopic (exact) mass is 482 g/mol. The zero-order chi connectivity index (χ0) is 25.6. The van der Waals surface area contributed by atoms with Gasteiger partial charge in [-0.3, -0.25) is 0 Å². The molecule has 6 heteroatoms. The summed E-state index contributed by atoms with van der Waals surface area (Å²) in [6.07, 6.45) is 5.99. The molecular formula is C29H42N2O4. The zero-order valence-corrected chi connectivity index (χ0v) is 21.8. The number of ether oxygens (including phenoxy) is 1. The summed E-state index contributed by atoms with van der Waals surface area (Å²) in [5.74, 6) is -0.944. The zero-order valence-electron chi connectivity index (χ0n) is 21.8. The van der Waals surface area contributed by atoms with Crippen LogP contribution in [0.5, 0.6) is 0 Å². The van der Waals surface area contributed by atoms with Crippen molar-refractivity contribution in [3.63, 3.8) is 0 Å². The molecular weight excluding hydrogens is 440 g/mol. The van der Waals surface area contributed by atoms with Crippen molar-refractivity contribution in [2.75, 3.05) is 25.0 Å². The Morgan fingerprint density at radius 2 is 1.63 bits per heavy atom. The average Bonchev–Trinajstić information content (AvgIpc) is 2.83. The SMILES string of the molecule is CCCCCCCN(CCc1ccc(C[C@@H](OCC)C(=O)O)cc1)C(=O)Nc1ccc(C)cc1C. The van der Waals surface area contributed by atoms with Crippen LogP contribution in [-0.2, 0) is 22.4 Å². The number of carboxylic acid groups (broad SMARTS) is 1. The molecule has 1 atom stereocenters. The summed E-state index contributed by atoms with van der Waals surface area (Å²) in [4.78, 5) is 26.4. The topological polar surface area (TPSA) is 78.9 Å². The van der Waals surface area contributed by atoms with Gasteiger partial charge in [0.25, 0.3) is 0 Å². The van der Waals surface area contributed by atoms with E-state index in [1.54, 1.807) is 6.92 Å². The first kappa shape index (κ1) is 28.4. The fourth-order valence-corrected chi connectivity index (χ4v) is 4.11. The predicted molar refractivity (Wildman–Crippen MR) is 142 cm³/mol. The van der Waals surface area contributed by atoms with Crippen LogP contribution >= 0.6 is 0 Å². The van der Waals surface area contributed by atoms with Crippen LogP contribution in [-0.4, -0.2) is 47.8 Å². The van der Waals surface area contributed by atoms with Gasteiger partial charge < -0.3 is 20.1 Å². The van der Waals surface area contributed by atoms with E-state index in [9.17, 15) is 14.7 Å². The molecule has 192 valence electrons. The smallest absolute Gasteiger partial charge is 0.333 e. The summed E-state index contributed by atoms with van der Waals surface area (Å²) in [7, 11) is 0. The van der Waals surface area contributed by atoms with Gasteiger partial charge in [-0.25, -0.2) is 9.59 Å². The molecule has 0 unspecified atom stereocenters. The molecule has 2 N–H and O–H groups in total. The summed E-state index contributed by atoms with van der Waals surface area (Å²) >= 11 is 0. The van der Waals surface area contributed by atoms with Crippen LogP contribution in [0, 0.1) is 13.8 Å². The van der Waals surface area contributed by atoms with Gasteiger partial charge >= 0.3 is 12.0 Å². The second kappa shape index (κ2) is 15.2. The van der Waals surface area contributed by atoms with Crippen LogP contribution in [0.1, 0.15) is 68.2 Å². The third kappa shape index (κ3) is 10.1. The van der Waals surface area contributed by atoms with E-state index < -0.39 is 12.1 Å². The van der Waals surface area contributed by atoms with Gasteiger partial charge in [-0.05, 0) is 56.4 Å².